The first kappa shape index (κ1) is 18.5. The molecule has 4 rings (SSSR count). The van der Waals surface area contributed by atoms with Crippen molar-refractivity contribution < 1.29 is 14.6 Å². The Labute approximate surface area is 171 Å². The monoisotopic (exact) mass is 400 g/mol. The Balaban J connectivity index is 1.62. The summed E-state index contributed by atoms with van der Waals surface area (Å²) in [6.07, 6.45) is 3.61. The fraction of sp³-hybridized carbons (Fsp3) is 0.0435. The lowest BCUT2D eigenvalue weighted by Gasteiger charge is -2.07. The maximum Gasteiger partial charge on any atom is 0.335 e. The predicted molar refractivity (Wildman–Crippen MR) is 112 cm³/mol. The van der Waals surface area contributed by atoms with Crippen molar-refractivity contribution in [3.63, 3.8) is 0 Å². The molecule has 29 heavy (non-hydrogen) atoms. The number of hydrogen-bond acceptors (Lipinski definition) is 4. The van der Waals surface area contributed by atoms with E-state index in [2.05, 4.69) is 6.07 Å². The number of nitriles is 1. The molecule has 142 valence electrons. The number of benzene rings is 2. The Morgan fingerprint density at radius 3 is 2.66 bits per heavy atom. The highest BCUT2D eigenvalue weighted by Gasteiger charge is 2.12. The lowest BCUT2D eigenvalue weighted by Crippen LogP contribution is -1.97. The van der Waals surface area contributed by atoms with Gasteiger partial charge in [0.05, 0.1) is 11.1 Å². The molecule has 4 aromatic rings. The fourth-order valence-electron chi connectivity index (χ4n) is 2.99. The third-order valence-electron chi connectivity index (χ3n) is 4.49. The largest absolute Gasteiger partial charge is 0.489 e. The normalized spacial score (nSPS) is 10.4. The molecular formula is C23H16N2O3S. The van der Waals surface area contributed by atoms with Crippen LogP contribution in [0.15, 0.2) is 77.8 Å². The summed E-state index contributed by atoms with van der Waals surface area (Å²) in [5.74, 6) is -0.238. The number of aromatic carboxylic acids is 1. The molecule has 0 aliphatic heterocycles. The van der Waals surface area contributed by atoms with Gasteiger partial charge in [0.15, 0.2) is 0 Å². The first-order valence-corrected chi connectivity index (χ1v) is 9.78. The summed E-state index contributed by atoms with van der Waals surface area (Å²) in [6, 6.07) is 18.4. The Bertz CT molecular complexity index is 1190. The van der Waals surface area contributed by atoms with Crippen LogP contribution in [0.1, 0.15) is 21.5 Å². The zero-order chi connectivity index (χ0) is 20.2. The van der Waals surface area contributed by atoms with Gasteiger partial charge in [0.2, 0.25) is 0 Å². The molecule has 0 spiro atoms. The van der Waals surface area contributed by atoms with E-state index in [-0.39, 0.29) is 5.56 Å². The number of nitrogens with zero attached hydrogens (tertiary/aromatic N) is 2. The minimum atomic E-state index is -0.971. The number of ether oxygens (including phenoxy) is 1. The standard InChI is InChI=1S/C23H16N2O3S/c24-11-19-12-25(20-6-4-17(5-7-20)23(26)27)13-22(19)18-2-1-3-21(10-18)28-14-16-8-9-29-15-16/h1-10,12-13,15H,14H2,(H,26,27). The second-order valence-corrected chi connectivity index (χ2v) is 7.18. The number of thiophene rings is 1. The summed E-state index contributed by atoms with van der Waals surface area (Å²) >= 11 is 1.63. The molecule has 2 heterocycles. The second kappa shape index (κ2) is 8.05. The molecule has 0 fully saturated rings. The highest BCUT2D eigenvalue weighted by atomic mass is 32.1. The summed E-state index contributed by atoms with van der Waals surface area (Å²) < 4.78 is 7.69. The van der Waals surface area contributed by atoms with Gasteiger partial charge in [-0.1, -0.05) is 12.1 Å². The number of carbonyl (C=O) groups is 1. The highest BCUT2D eigenvalue weighted by Crippen LogP contribution is 2.29. The van der Waals surface area contributed by atoms with Crippen LogP contribution in [0.4, 0.5) is 0 Å². The van der Waals surface area contributed by atoms with Crippen LogP contribution >= 0.6 is 11.3 Å². The van der Waals surface area contributed by atoms with Gasteiger partial charge in [-0.05, 0) is 64.4 Å². The number of carboxylic acids is 1. The molecular weight excluding hydrogens is 384 g/mol. The first-order valence-electron chi connectivity index (χ1n) is 8.84. The maximum atomic E-state index is 11.0. The molecule has 2 aromatic heterocycles. The van der Waals surface area contributed by atoms with E-state index in [1.54, 1.807) is 41.8 Å². The van der Waals surface area contributed by atoms with Crippen LogP contribution in [0.3, 0.4) is 0 Å². The molecule has 0 aliphatic carbocycles. The van der Waals surface area contributed by atoms with Crippen molar-refractivity contribution in [3.05, 3.63) is 94.4 Å². The molecule has 0 unspecified atom stereocenters. The molecule has 0 atom stereocenters. The van der Waals surface area contributed by atoms with Crippen LogP contribution in [0.5, 0.6) is 5.75 Å². The van der Waals surface area contributed by atoms with E-state index in [0.717, 1.165) is 28.1 Å². The molecule has 0 saturated heterocycles. The quantitative estimate of drug-likeness (QED) is 0.473. The molecule has 2 aromatic carbocycles. The van der Waals surface area contributed by atoms with Gasteiger partial charge in [-0.3, -0.25) is 0 Å². The van der Waals surface area contributed by atoms with E-state index < -0.39 is 5.97 Å². The summed E-state index contributed by atoms with van der Waals surface area (Å²) in [6.45, 7) is 0.495. The van der Waals surface area contributed by atoms with Crippen LogP contribution in [-0.4, -0.2) is 15.6 Å². The van der Waals surface area contributed by atoms with Gasteiger partial charge in [0.25, 0.3) is 0 Å². The van der Waals surface area contributed by atoms with Crippen molar-refractivity contribution in [2.24, 2.45) is 0 Å². The van der Waals surface area contributed by atoms with E-state index in [4.69, 9.17) is 9.84 Å². The third-order valence-corrected chi connectivity index (χ3v) is 5.22. The topological polar surface area (TPSA) is 75.2 Å². The zero-order valence-corrected chi connectivity index (χ0v) is 16.1. The smallest absolute Gasteiger partial charge is 0.335 e. The van der Waals surface area contributed by atoms with Crippen LogP contribution in [0.2, 0.25) is 0 Å². The Morgan fingerprint density at radius 2 is 1.97 bits per heavy atom. The van der Waals surface area contributed by atoms with Gasteiger partial charge in [-0.25, -0.2) is 4.79 Å². The van der Waals surface area contributed by atoms with Gasteiger partial charge < -0.3 is 14.4 Å². The van der Waals surface area contributed by atoms with Crippen LogP contribution < -0.4 is 4.74 Å². The predicted octanol–water partition coefficient (Wildman–Crippen LogP) is 5.35. The van der Waals surface area contributed by atoms with Crippen molar-refractivity contribution in [2.75, 3.05) is 0 Å². The number of aromatic nitrogens is 1. The summed E-state index contributed by atoms with van der Waals surface area (Å²) in [4.78, 5) is 11.0. The molecule has 0 aliphatic rings. The van der Waals surface area contributed by atoms with Crippen LogP contribution in [0.25, 0.3) is 16.8 Å². The summed E-state index contributed by atoms with van der Waals surface area (Å²) in [5, 5.41) is 22.7. The average molecular weight is 400 g/mol. The van der Waals surface area contributed by atoms with Crippen molar-refractivity contribution in [3.8, 4) is 28.6 Å². The molecule has 5 nitrogen and oxygen atoms in total. The lowest BCUT2D eigenvalue weighted by atomic mass is 10.1. The van der Waals surface area contributed by atoms with Crippen LogP contribution in [-0.2, 0) is 6.61 Å². The van der Waals surface area contributed by atoms with E-state index in [1.165, 1.54) is 0 Å². The van der Waals surface area contributed by atoms with E-state index in [9.17, 15) is 10.1 Å². The molecule has 1 N–H and O–H groups in total. The summed E-state index contributed by atoms with van der Waals surface area (Å²) in [5.41, 5.74) is 4.32. The molecule has 6 heteroatoms. The highest BCUT2D eigenvalue weighted by molar-refractivity contribution is 7.07. The lowest BCUT2D eigenvalue weighted by molar-refractivity contribution is 0.0697. The fourth-order valence-corrected chi connectivity index (χ4v) is 3.65. The number of rotatable bonds is 6. The first-order chi connectivity index (χ1) is 14.1. The van der Waals surface area contributed by atoms with Gasteiger partial charge in [-0.2, -0.15) is 16.6 Å². The van der Waals surface area contributed by atoms with E-state index in [0.29, 0.717) is 12.2 Å². The Kier molecular flexibility index (Phi) is 5.14. The van der Waals surface area contributed by atoms with Gasteiger partial charge in [-0.15, -0.1) is 0 Å². The minimum absolute atomic E-state index is 0.220. The van der Waals surface area contributed by atoms with E-state index in [1.807, 2.05) is 51.9 Å². The van der Waals surface area contributed by atoms with Crippen molar-refractivity contribution in [2.45, 2.75) is 6.61 Å². The minimum Gasteiger partial charge on any atom is -0.489 e. The van der Waals surface area contributed by atoms with Crippen molar-refractivity contribution in [1.29, 1.82) is 5.26 Å². The number of carboxylic acid groups (broad SMARTS) is 1. The Hall–Kier alpha value is -3.82. The summed E-state index contributed by atoms with van der Waals surface area (Å²) in [7, 11) is 0. The Morgan fingerprint density at radius 1 is 1.14 bits per heavy atom. The van der Waals surface area contributed by atoms with Gasteiger partial charge >= 0.3 is 5.97 Å². The van der Waals surface area contributed by atoms with Crippen molar-refractivity contribution >= 4 is 17.3 Å². The zero-order valence-electron chi connectivity index (χ0n) is 15.3. The molecule has 0 bridgehead atoms. The van der Waals surface area contributed by atoms with E-state index >= 15 is 0 Å². The van der Waals surface area contributed by atoms with Crippen molar-refractivity contribution in [1.82, 2.24) is 4.57 Å². The number of hydrogen-bond donors (Lipinski definition) is 1. The molecule has 0 radical (unpaired) electrons. The second-order valence-electron chi connectivity index (χ2n) is 6.40. The molecule has 0 saturated carbocycles. The van der Waals surface area contributed by atoms with Crippen LogP contribution in [0, 0.1) is 11.3 Å². The average Bonchev–Trinajstić information content (AvgIpc) is 3.42. The molecule has 0 amide bonds. The van der Waals surface area contributed by atoms with Gasteiger partial charge in [0.1, 0.15) is 18.4 Å². The SMILES string of the molecule is N#Cc1cn(-c2ccc(C(=O)O)cc2)cc1-c1cccc(OCc2ccsc2)c1. The third kappa shape index (κ3) is 4.05. The maximum absolute atomic E-state index is 11.0. The van der Waals surface area contributed by atoms with Gasteiger partial charge in [0, 0.05) is 23.6 Å².